The summed E-state index contributed by atoms with van der Waals surface area (Å²) in [7, 11) is 0. The van der Waals surface area contributed by atoms with Gasteiger partial charge in [0.05, 0.1) is 5.69 Å². The van der Waals surface area contributed by atoms with E-state index in [2.05, 4.69) is 5.16 Å². The third-order valence-electron chi connectivity index (χ3n) is 2.73. The molecule has 1 aliphatic rings. The van der Waals surface area contributed by atoms with Crippen molar-refractivity contribution < 1.29 is 13.3 Å². The molecule has 84 valence electrons. The molecule has 0 radical (unpaired) electrons. The summed E-state index contributed by atoms with van der Waals surface area (Å²) in [5.74, 6) is 0.285. The van der Waals surface area contributed by atoms with Gasteiger partial charge in [-0.25, -0.2) is 8.78 Å². The zero-order chi connectivity index (χ0) is 10.8. The number of hydrogen-bond donors (Lipinski definition) is 0. The van der Waals surface area contributed by atoms with Crippen LogP contribution in [0.4, 0.5) is 8.78 Å². The van der Waals surface area contributed by atoms with E-state index in [1.54, 1.807) is 0 Å². The molecule has 2 rings (SSSR count). The van der Waals surface area contributed by atoms with Gasteiger partial charge in [0.15, 0.2) is 0 Å². The van der Waals surface area contributed by atoms with Crippen molar-refractivity contribution in [1.29, 1.82) is 0 Å². The largest absolute Gasteiger partial charge is 0.361 e. The Morgan fingerprint density at radius 3 is 3.00 bits per heavy atom. The number of hydrogen-bond acceptors (Lipinski definition) is 3. The van der Waals surface area contributed by atoms with E-state index >= 15 is 0 Å². The van der Waals surface area contributed by atoms with E-state index in [1.807, 2.05) is 17.9 Å². The maximum Gasteiger partial charge on any atom is 0.242 e. The van der Waals surface area contributed by atoms with Gasteiger partial charge in [0.2, 0.25) is 6.43 Å². The summed E-state index contributed by atoms with van der Waals surface area (Å²) >= 11 is 0. The minimum atomic E-state index is -2.20. The van der Waals surface area contributed by atoms with Gasteiger partial charge < -0.3 is 4.52 Å². The highest BCUT2D eigenvalue weighted by atomic mass is 19.3. The molecule has 1 atom stereocenters. The van der Waals surface area contributed by atoms with Crippen molar-refractivity contribution in [2.24, 2.45) is 5.92 Å². The van der Waals surface area contributed by atoms with E-state index < -0.39 is 12.3 Å². The number of aromatic nitrogens is 1. The van der Waals surface area contributed by atoms with E-state index in [-0.39, 0.29) is 0 Å². The molecule has 0 aliphatic carbocycles. The second-order valence-electron chi connectivity index (χ2n) is 4.05. The molecule has 5 heteroatoms. The lowest BCUT2D eigenvalue weighted by atomic mass is 10.1. The second kappa shape index (κ2) is 4.26. The maximum atomic E-state index is 12.4. The number of alkyl halides is 2. The van der Waals surface area contributed by atoms with Crippen LogP contribution in [0.3, 0.4) is 0 Å². The second-order valence-corrected chi connectivity index (χ2v) is 4.05. The van der Waals surface area contributed by atoms with E-state index in [0.717, 1.165) is 18.0 Å². The zero-order valence-electron chi connectivity index (χ0n) is 8.62. The first-order valence-corrected chi connectivity index (χ1v) is 5.08. The lowest BCUT2D eigenvalue weighted by Crippen LogP contribution is -2.22. The van der Waals surface area contributed by atoms with Gasteiger partial charge in [0, 0.05) is 25.1 Å². The molecule has 1 fully saturated rings. The third-order valence-corrected chi connectivity index (χ3v) is 2.73. The Morgan fingerprint density at radius 2 is 2.47 bits per heavy atom. The summed E-state index contributed by atoms with van der Waals surface area (Å²) in [6, 6.07) is 1.84. The molecule has 3 nitrogen and oxygen atoms in total. The van der Waals surface area contributed by atoms with Crippen LogP contribution in [0.15, 0.2) is 10.6 Å². The Labute approximate surface area is 87.0 Å². The van der Waals surface area contributed by atoms with Crippen LogP contribution in [0.2, 0.25) is 0 Å². The molecule has 0 spiro atoms. The molecule has 0 aromatic carbocycles. The van der Waals surface area contributed by atoms with Gasteiger partial charge in [-0.1, -0.05) is 5.16 Å². The summed E-state index contributed by atoms with van der Waals surface area (Å²) in [4.78, 5) is 1.99. The van der Waals surface area contributed by atoms with Crippen molar-refractivity contribution >= 4 is 0 Å². The monoisotopic (exact) mass is 216 g/mol. The molecule has 1 aliphatic heterocycles. The van der Waals surface area contributed by atoms with Gasteiger partial charge >= 0.3 is 0 Å². The fraction of sp³-hybridized carbons (Fsp3) is 0.700. The summed E-state index contributed by atoms with van der Waals surface area (Å²) in [5.41, 5.74) is 0.822. The minimum Gasteiger partial charge on any atom is -0.361 e. The fourth-order valence-corrected chi connectivity index (χ4v) is 1.93. The quantitative estimate of drug-likeness (QED) is 0.774. The first-order chi connectivity index (χ1) is 7.15. The van der Waals surface area contributed by atoms with Gasteiger partial charge in [-0.15, -0.1) is 0 Å². The standard InChI is InChI=1S/C10H14F2N2O/c1-7-4-9(13-15-7)6-14-3-2-8(5-14)10(11)12/h4,8,10H,2-3,5-6H2,1H3. The van der Waals surface area contributed by atoms with E-state index in [4.69, 9.17) is 4.52 Å². The Bertz CT molecular complexity index is 327. The van der Waals surface area contributed by atoms with Crippen molar-refractivity contribution in [2.75, 3.05) is 13.1 Å². The average Bonchev–Trinajstić information content (AvgIpc) is 2.76. The highest BCUT2D eigenvalue weighted by molar-refractivity contribution is 5.03. The molecular formula is C10H14F2N2O. The molecule has 1 aromatic rings. The minimum absolute atomic E-state index is 0.462. The summed E-state index contributed by atoms with van der Waals surface area (Å²) in [6.07, 6.45) is -1.62. The number of halogens is 2. The molecule has 15 heavy (non-hydrogen) atoms. The van der Waals surface area contributed by atoms with Crippen LogP contribution in [0.25, 0.3) is 0 Å². The summed E-state index contributed by atoms with van der Waals surface area (Å²) in [6.45, 7) is 3.62. The van der Waals surface area contributed by atoms with Gasteiger partial charge in [-0.05, 0) is 19.9 Å². The van der Waals surface area contributed by atoms with Crippen LogP contribution in [0, 0.1) is 12.8 Å². The Hall–Kier alpha value is -0.970. The number of likely N-dealkylation sites (tertiary alicyclic amines) is 1. The molecule has 2 heterocycles. The lowest BCUT2D eigenvalue weighted by Gasteiger charge is -2.13. The van der Waals surface area contributed by atoms with Crippen LogP contribution < -0.4 is 0 Å². The summed E-state index contributed by atoms with van der Waals surface area (Å²) < 4.78 is 29.7. The SMILES string of the molecule is Cc1cc(CN2CCC(C(F)F)C2)no1. The van der Waals surface area contributed by atoms with Gasteiger partial charge in [0.1, 0.15) is 5.76 Å². The van der Waals surface area contributed by atoms with Crippen molar-refractivity contribution in [3.05, 3.63) is 17.5 Å². The van der Waals surface area contributed by atoms with Gasteiger partial charge in [-0.2, -0.15) is 0 Å². The molecule has 0 N–H and O–H groups in total. The van der Waals surface area contributed by atoms with Crippen molar-refractivity contribution in [3.8, 4) is 0 Å². The van der Waals surface area contributed by atoms with Crippen molar-refractivity contribution in [3.63, 3.8) is 0 Å². The highest BCUT2D eigenvalue weighted by Crippen LogP contribution is 2.23. The number of rotatable bonds is 3. The predicted octanol–water partition coefficient (Wildman–Crippen LogP) is 2.07. The fourth-order valence-electron chi connectivity index (χ4n) is 1.93. The molecule has 1 aromatic heterocycles. The number of aryl methyl sites for hydroxylation is 1. The lowest BCUT2D eigenvalue weighted by molar-refractivity contribution is 0.0801. The first kappa shape index (κ1) is 10.5. The Kier molecular flexibility index (Phi) is 3.00. The first-order valence-electron chi connectivity index (χ1n) is 5.08. The van der Waals surface area contributed by atoms with Crippen molar-refractivity contribution in [2.45, 2.75) is 26.3 Å². The van der Waals surface area contributed by atoms with Gasteiger partial charge in [0.25, 0.3) is 0 Å². The highest BCUT2D eigenvalue weighted by Gasteiger charge is 2.29. The smallest absolute Gasteiger partial charge is 0.242 e. The van der Waals surface area contributed by atoms with Crippen LogP contribution in [0.1, 0.15) is 17.9 Å². The van der Waals surface area contributed by atoms with Crippen LogP contribution in [0.5, 0.6) is 0 Å². The van der Waals surface area contributed by atoms with Gasteiger partial charge in [-0.3, -0.25) is 4.90 Å². The van der Waals surface area contributed by atoms with Crippen LogP contribution >= 0.6 is 0 Å². The molecule has 1 unspecified atom stereocenters. The maximum absolute atomic E-state index is 12.4. The zero-order valence-corrected chi connectivity index (χ0v) is 8.62. The number of nitrogens with zero attached hydrogens (tertiary/aromatic N) is 2. The van der Waals surface area contributed by atoms with E-state index in [0.29, 0.717) is 19.5 Å². The normalized spacial score (nSPS) is 22.8. The molecule has 0 saturated carbocycles. The van der Waals surface area contributed by atoms with Crippen LogP contribution in [-0.4, -0.2) is 29.6 Å². The topological polar surface area (TPSA) is 29.3 Å². The average molecular weight is 216 g/mol. The molecule has 0 amide bonds. The van der Waals surface area contributed by atoms with E-state index in [1.165, 1.54) is 0 Å². The predicted molar refractivity (Wildman–Crippen MR) is 50.6 cm³/mol. The molecular weight excluding hydrogens is 202 g/mol. The molecule has 0 bridgehead atoms. The van der Waals surface area contributed by atoms with Crippen LogP contribution in [-0.2, 0) is 6.54 Å². The Balaban J connectivity index is 1.87. The van der Waals surface area contributed by atoms with Crippen molar-refractivity contribution in [1.82, 2.24) is 10.1 Å². The van der Waals surface area contributed by atoms with E-state index in [9.17, 15) is 8.78 Å². The molecule has 1 saturated heterocycles. The third kappa shape index (κ3) is 2.53. The summed E-state index contributed by atoms with van der Waals surface area (Å²) in [5, 5.41) is 3.84. The Morgan fingerprint density at radius 1 is 1.67 bits per heavy atom.